The summed E-state index contributed by atoms with van der Waals surface area (Å²) in [5.41, 5.74) is 6.53. The van der Waals surface area contributed by atoms with Crippen molar-refractivity contribution in [3.05, 3.63) is 58.7 Å². The first kappa shape index (κ1) is 15.4. The summed E-state index contributed by atoms with van der Waals surface area (Å²) in [5.74, 6) is 0.907. The van der Waals surface area contributed by atoms with Gasteiger partial charge in [0.2, 0.25) is 0 Å². The molecule has 0 bridgehead atoms. The summed E-state index contributed by atoms with van der Waals surface area (Å²) in [5, 5.41) is 3.65. The topological polar surface area (TPSA) is 21.3 Å². The molecular weight excluding hydrogens is 258 g/mol. The highest BCUT2D eigenvalue weighted by Crippen LogP contribution is 2.23. The molecule has 0 aliphatic carbocycles. The molecule has 0 saturated heterocycles. The van der Waals surface area contributed by atoms with Crippen LogP contribution in [-0.4, -0.2) is 13.2 Å². The van der Waals surface area contributed by atoms with Gasteiger partial charge in [0.15, 0.2) is 0 Å². The molecule has 1 N–H and O–H groups in total. The van der Waals surface area contributed by atoms with Gasteiger partial charge < -0.3 is 10.1 Å². The van der Waals surface area contributed by atoms with Crippen LogP contribution in [0.4, 0.5) is 5.69 Å². The summed E-state index contributed by atoms with van der Waals surface area (Å²) in [7, 11) is 1.70. The summed E-state index contributed by atoms with van der Waals surface area (Å²) in [6.45, 7) is 8.71. The Morgan fingerprint density at radius 2 is 1.57 bits per heavy atom. The van der Waals surface area contributed by atoms with E-state index in [-0.39, 0.29) is 0 Å². The molecule has 2 aromatic carbocycles. The molecule has 0 aromatic heterocycles. The Morgan fingerprint density at radius 1 is 1.00 bits per heavy atom. The number of anilines is 1. The van der Waals surface area contributed by atoms with Gasteiger partial charge in [-0.25, -0.2) is 0 Å². The summed E-state index contributed by atoms with van der Waals surface area (Å²) < 4.78 is 5.20. The van der Waals surface area contributed by atoms with E-state index in [1.165, 1.54) is 27.9 Å². The molecule has 0 heterocycles. The fourth-order valence-corrected chi connectivity index (χ4v) is 2.82. The molecule has 0 amide bonds. The maximum atomic E-state index is 5.20. The molecule has 0 saturated carbocycles. The van der Waals surface area contributed by atoms with Gasteiger partial charge in [0, 0.05) is 11.7 Å². The molecule has 2 heteroatoms. The largest absolute Gasteiger partial charge is 0.497 e. The van der Waals surface area contributed by atoms with E-state index in [1.807, 2.05) is 12.1 Å². The van der Waals surface area contributed by atoms with E-state index in [9.17, 15) is 0 Å². The zero-order valence-electron chi connectivity index (χ0n) is 13.7. The van der Waals surface area contributed by atoms with Crippen LogP contribution in [0.5, 0.6) is 5.75 Å². The molecule has 0 radical (unpaired) electrons. The molecule has 2 rings (SSSR count). The number of rotatable bonds is 5. The first-order valence-corrected chi connectivity index (χ1v) is 7.47. The SMILES string of the molecule is COc1ccc(CC(C)Nc2c(C)cc(C)cc2C)cc1. The predicted molar refractivity (Wildman–Crippen MR) is 90.4 cm³/mol. The molecule has 2 aromatic rings. The summed E-state index contributed by atoms with van der Waals surface area (Å²) >= 11 is 0. The van der Waals surface area contributed by atoms with Gasteiger partial charge in [0.25, 0.3) is 0 Å². The van der Waals surface area contributed by atoms with Gasteiger partial charge in [-0.05, 0) is 62.9 Å². The quantitative estimate of drug-likeness (QED) is 0.861. The molecular formula is C19H25NO. The van der Waals surface area contributed by atoms with Crippen molar-refractivity contribution in [3.63, 3.8) is 0 Å². The van der Waals surface area contributed by atoms with E-state index >= 15 is 0 Å². The standard InChI is InChI=1S/C19H25NO/c1-13-10-14(2)19(15(3)11-13)20-16(4)12-17-6-8-18(21-5)9-7-17/h6-11,16,20H,12H2,1-5H3. The monoisotopic (exact) mass is 283 g/mol. The Hall–Kier alpha value is -1.96. The number of aryl methyl sites for hydroxylation is 3. The van der Waals surface area contributed by atoms with Crippen molar-refractivity contribution in [2.75, 3.05) is 12.4 Å². The van der Waals surface area contributed by atoms with Crippen molar-refractivity contribution in [1.29, 1.82) is 0 Å². The van der Waals surface area contributed by atoms with Crippen LogP contribution in [0.2, 0.25) is 0 Å². The lowest BCUT2D eigenvalue weighted by atomic mass is 10.0. The average Bonchev–Trinajstić information content (AvgIpc) is 2.43. The number of hydrogen-bond acceptors (Lipinski definition) is 2. The van der Waals surface area contributed by atoms with Crippen molar-refractivity contribution in [2.24, 2.45) is 0 Å². The van der Waals surface area contributed by atoms with E-state index in [4.69, 9.17) is 4.74 Å². The maximum absolute atomic E-state index is 5.20. The number of methoxy groups -OCH3 is 1. The highest BCUT2D eigenvalue weighted by atomic mass is 16.5. The van der Waals surface area contributed by atoms with Gasteiger partial charge in [-0.2, -0.15) is 0 Å². The Labute approximate surface area is 128 Å². The lowest BCUT2D eigenvalue weighted by Crippen LogP contribution is -2.19. The van der Waals surface area contributed by atoms with Crippen LogP contribution < -0.4 is 10.1 Å². The Bertz CT molecular complexity index is 578. The molecule has 0 aliphatic rings. The fraction of sp³-hybridized carbons (Fsp3) is 0.368. The summed E-state index contributed by atoms with van der Waals surface area (Å²) in [6.07, 6.45) is 0.997. The van der Waals surface area contributed by atoms with E-state index in [1.54, 1.807) is 7.11 Å². The molecule has 1 atom stereocenters. The second-order valence-corrected chi connectivity index (χ2v) is 5.87. The Morgan fingerprint density at radius 3 is 2.10 bits per heavy atom. The van der Waals surface area contributed by atoms with Crippen molar-refractivity contribution in [2.45, 2.75) is 40.2 Å². The first-order chi connectivity index (χ1) is 9.99. The second-order valence-electron chi connectivity index (χ2n) is 5.87. The normalized spacial score (nSPS) is 12.0. The van der Waals surface area contributed by atoms with Crippen LogP contribution in [0.25, 0.3) is 0 Å². The van der Waals surface area contributed by atoms with Crippen molar-refractivity contribution in [1.82, 2.24) is 0 Å². The van der Waals surface area contributed by atoms with Crippen LogP contribution in [0.15, 0.2) is 36.4 Å². The van der Waals surface area contributed by atoms with Gasteiger partial charge in [-0.3, -0.25) is 0 Å². The van der Waals surface area contributed by atoms with Crippen molar-refractivity contribution < 1.29 is 4.74 Å². The van der Waals surface area contributed by atoms with E-state index in [0.29, 0.717) is 6.04 Å². The molecule has 2 nitrogen and oxygen atoms in total. The van der Waals surface area contributed by atoms with E-state index in [2.05, 4.69) is 57.3 Å². The van der Waals surface area contributed by atoms with Gasteiger partial charge in [-0.1, -0.05) is 29.8 Å². The van der Waals surface area contributed by atoms with Crippen LogP contribution in [0.1, 0.15) is 29.2 Å². The minimum atomic E-state index is 0.388. The third-order valence-corrected chi connectivity index (χ3v) is 3.77. The molecule has 112 valence electrons. The third-order valence-electron chi connectivity index (χ3n) is 3.77. The molecule has 0 aliphatic heterocycles. The summed E-state index contributed by atoms with van der Waals surface area (Å²) in [4.78, 5) is 0. The molecule has 0 spiro atoms. The van der Waals surface area contributed by atoms with Crippen LogP contribution in [-0.2, 0) is 6.42 Å². The third kappa shape index (κ3) is 4.01. The van der Waals surface area contributed by atoms with Crippen molar-refractivity contribution in [3.8, 4) is 5.75 Å². The smallest absolute Gasteiger partial charge is 0.118 e. The van der Waals surface area contributed by atoms with Gasteiger partial charge in [0.1, 0.15) is 5.75 Å². The fourth-order valence-electron chi connectivity index (χ4n) is 2.82. The molecule has 21 heavy (non-hydrogen) atoms. The zero-order valence-corrected chi connectivity index (χ0v) is 13.7. The molecule has 0 fully saturated rings. The van der Waals surface area contributed by atoms with Crippen LogP contribution in [0, 0.1) is 20.8 Å². The first-order valence-electron chi connectivity index (χ1n) is 7.47. The second kappa shape index (κ2) is 6.66. The van der Waals surface area contributed by atoms with Crippen LogP contribution in [0.3, 0.4) is 0 Å². The maximum Gasteiger partial charge on any atom is 0.118 e. The highest BCUT2D eigenvalue weighted by Gasteiger charge is 2.08. The molecule has 1 unspecified atom stereocenters. The lowest BCUT2D eigenvalue weighted by molar-refractivity contribution is 0.414. The zero-order chi connectivity index (χ0) is 15.4. The minimum Gasteiger partial charge on any atom is -0.497 e. The van der Waals surface area contributed by atoms with Crippen molar-refractivity contribution >= 4 is 5.69 Å². The summed E-state index contributed by atoms with van der Waals surface area (Å²) in [6, 6.07) is 13.1. The van der Waals surface area contributed by atoms with E-state index in [0.717, 1.165) is 12.2 Å². The number of ether oxygens (including phenoxy) is 1. The number of benzene rings is 2. The minimum absolute atomic E-state index is 0.388. The van der Waals surface area contributed by atoms with Gasteiger partial charge in [-0.15, -0.1) is 0 Å². The highest BCUT2D eigenvalue weighted by molar-refractivity contribution is 5.58. The Balaban J connectivity index is 2.06. The Kier molecular flexibility index (Phi) is 4.89. The number of hydrogen-bond donors (Lipinski definition) is 1. The predicted octanol–water partition coefficient (Wildman–Crippen LogP) is 4.66. The van der Waals surface area contributed by atoms with Crippen LogP contribution >= 0.6 is 0 Å². The lowest BCUT2D eigenvalue weighted by Gasteiger charge is -2.20. The average molecular weight is 283 g/mol. The van der Waals surface area contributed by atoms with E-state index < -0.39 is 0 Å². The van der Waals surface area contributed by atoms with Gasteiger partial charge in [0.05, 0.1) is 7.11 Å². The number of nitrogens with one attached hydrogen (secondary N) is 1. The van der Waals surface area contributed by atoms with Gasteiger partial charge >= 0.3 is 0 Å².